The Morgan fingerprint density at radius 3 is 2.36 bits per heavy atom. The van der Waals surface area contributed by atoms with Crippen molar-refractivity contribution in [2.24, 2.45) is 0 Å². The molecule has 0 bridgehead atoms. The Morgan fingerprint density at radius 1 is 1.14 bits per heavy atom. The third-order valence-corrected chi connectivity index (χ3v) is 7.46. The fourth-order valence-electron chi connectivity index (χ4n) is 3.18. The van der Waals surface area contributed by atoms with E-state index in [0.717, 1.165) is 29.0 Å². The summed E-state index contributed by atoms with van der Waals surface area (Å²) >= 11 is 0. The van der Waals surface area contributed by atoms with Crippen molar-refractivity contribution in [3.05, 3.63) is 35.8 Å². The van der Waals surface area contributed by atoms with Gasteiger partial charge in [-0.2, -0.15) is 0 Å². The number of nitrogens with zero attached hydrogens (tertiary/aromatic N) is 2. The van der Waals surface area contributed by atoms with Crippen molar-refractivity contribution in [3.63, 3.8) is 0 Å². The van der Waals surface area contributed by atoms with Gasteiger partial charge < -0.3 is 18.6 Å². The Labute approximate surface area is 169 Å². The standard InChI is InChI=1S/C21H31BN2O3Si/c1-20(2)21(3,4)27-22(26-20)18-14-24(15-25-11-12-28(6,7)8)19-13-16(23-5)9-10-17(18)19/h9-10,13-14H,11-12,15H2,1-4,6-8H3. The minimum Gasteiger partial charge on any atom is -0.399 e. The van der Waals surface area contributed by atoms with Crippen molar-refractivity contribution in [2.75, 3.05) is 6.61 Å². The third-order valence-electron chi connectivity index (χ3n) is 5.76. The molecule has 0 atom stereocenters. The van der Waals surface area contributed by atoms with Gasteiger partial charge in [0, 0.05) is 31.9 Å². The highest BCUT2D eigenvalue weighted by atomic mass is 28.3. The van der Waals surface area contributed by atoms with Crippen molar-refractivity contribution in [3.8, 4) is 0 Å². The monoisotopic (exact) mass is 398 g/mol. The largest absolute Gasteiger partial charge is 0.497 e. The van der Waals surface area contributed by atoms with Crippen LogP contribution < -0.4 is 5.46 Å². The Hall–Kier alpha value is -1.59. The molecule has 28 heavy (non-hydrogen) atoms. The first-order valence-corrected chi connectivity index (χ1v) is 13.6. The van der Waals surface area contributed by atoms with Crippen LogP contribution in [0.1, 0.15) is 27.7 Å². The van der Waals surface area contributed by atoms with Gasteiger partial charge in [-0.05, 0) is 45.2 Å². The minimum absolute atomic E-state index is 0.392. The van der Waals surface area contributed by atoms with Gasteiger partial charge in [0.2, 0.25) is 0 Å². The second-order valence-corrected chi connectivity index (χ2v) is 15.4. The molecule has 2 heterocycles. The fraction of sp³-hybridized carbons (Fsp3) is 0.571. The zero-order valence-electron chi connectivity index (χ0n) is 18.1. The van der Waals surface area contributed by atoms with Gasteiger partial charge in [-0.25, -0.2) is 4.85 Å². The first kappa shape index (κ1) is 21.1. The van der Waals surface area contributed by atoms with Gasteiger partial charge in [0.15, 0.2) is 5.69 Å². The SMILES string of the molecule is [C-]#[N+]c1ccc2c(B3OC(C)(C)C(C)(C)O3)cn(COCC[Si](C)(C)C)c2c1. The molecule has 1 aromatic carbocycles. The van der Waals surface area contributed by atoms with E-state index in [9.17, 15) is 0 Å². The van der Waals surface area contributed by atoms with E-state index >= 15 is 0 Å². The van der Waals surface area contributed by atoms with Gasteiger partial charge in [0.1, 0.15) is 6.73 Å². The highest BCUT2D eigenvalue weighted by Gasteiger charge is 2.52. The van der Waals surface area contributed by atoms with Crippen molar-refractivity contribution in [1.82, 2.24) is 4.57 Å². The Kier molecular flexibility index (Phi) is 5.54. The van der Waals surface area contributed by atoms with Crippen LogP contribution in [0, 0.1) is 6.57 Å². The summed E-state index contributed by atoms with van der Waals surface area (Å²) in [6, 6.07) is 6.88. The Balaban J connectivity index is 1.91. The molecule has 1 aliphatic heterocycles. The smallest absolute Gasteiger partial charge is 0.399 e. The molecule has 1 aliphatic rings. The van der Waals surface area contributed by atoms with Crippen molar-refractivity contribution in [2.45, 2.75) is 71.3 Å². The predicted molar refractivity (Wildman–Crippen MR) is 118 cm³/mol. The van der Waals surface area contributed by atoms with Crippen LogP contribution in [0.15, 0.2) is 24.4 Å². The molecular formula is C21H31BN2O3Si. The summed E-state index contributed by atoms with van der Waals surface area (Å²) in [7, 11) is -1.56. The number of aromatic nitrogens is 1. The number of hydrogen-bond acceptors (Lipinski definition) is 3. The van der Waals surface area contributed by atoms with E-state index in [1.54, 1.807) is 0 Å². The number of ether oxygens (including phenoxy) is 1. The second-order valence-electron chi connectivity index (χ2n) is 9.80. The molecule has 0 spiro atoms. The predicted octanol–water partition coefficient (Wildman–Crippen LogP) is 4.80. The Morgan fingerprint density at radius 2 is 1.79 bits per heavy atom. The maximum absolute atomic E-state index is 7.34. The first-order chi connectivity index (χ1) is 12.9. The van der Waals surface area contributed by atoms with Crippen LogP contribution in [-0.2, 0) is 20.8 Å². The summed E-state index contributed by atoms with van der Waals surface area (Å²) in [5.41, 5.74) is 1.80. The molecule has 7 heteroatoms. The molecule has 0 unspecified atom stereocenters. The number of benzene rings is 1. The molecule has 0 radical (unpaired) electrons. The minimum atomic E-state index is -1.13. The molecular weight excluding hydrogens is 367 g/mol. The van der Waals surface area contributed by atoms with Crippen LogP contribution in [-0.4, -0.2) is 37.6 Å². The lowest BCUT2D eigenvalue weighted by Crippen LogP contribution is -2.41. The molecule has 150 valence electrons. The van der Waals surface area contributed by atoms with E-state index in [-0.39, 0.29) is 0 Å². The highest BCUT2D eigenvalue weighted by molar-refractivity contribution is 6.76. The number of fused-ring (bicyclic) bond motifs is 1. The van der Waals surface area contributed by atoms with E-state index in [4.69, 9.17) is 20.6 Å². The summed E-state index contributed by atoms with van der Waals surface area (Å²) < 4.78 is 20.6. The van der Waals surface area contributed by atoms with E-state index in [1.165, 1.54) is 0 Å². The van der Waals surface area contributed by atoms with E-state index in [0.29, 0.717) is 12.4 Å². The summed E-state index contributed by atoms with van der Waals surface area (Å²) in [5.74, 6) is 0. The summed E-state index contributed by atoms with van der Waals surface area (Å²) in [6.07, 6.45) is 2.05. The third kappa shape index (κ3) is 4.20. The van der Waals surface area contributed by atoms with E-state index in [2.05, 4.69) is 62.9 Å². The number of rotatable bonds is 6. The molecule has 1 fully saturated rings. The topological polar surface area (TPSA) is 37.0 Å². The molecule has 0 amide bonds. The van der Waals surface area contributed by atoms with E-state index < -0.39 is 26.4 Å². The van der Waals surface area contributed by atoms with Crippen LogP contribution in [0.2, 0.25) is 25.7 Å². The highest BCUT2D eigenvalue weighted by Crippen LogP contribution is 2.37. The van der Waals surface area contributed by atoms with Crippen molar-refractivity contribution < 1.29 is 14.0 Å². The van der Waals surface area contributed by atoms with Crippen LogP contribution in [0.4, 0.5) is 5.69 Å². The zero-order valence-corrected chi connectivity index (χ0v) is 19.1. The average Bonchev–Trinajstić information content (AvgIpc) is 3.04. The van der Waals surface area contributed by atoms with Crippen LogP contribution in [0.5, 0.6) is 0 Å². The van der Waals surface area contributed by atoms with Crippen LogP contribution in [0.25, 0.3) is 15.7 Å². The molecule has 0 N–H and O–H groups in total. The lowest BCUT2D eigenvalue weighted by molar-refractivity contribution is 0.00578. The zero-order chi connectivity index (χ0) is 20.7. The van der Waals surface area contributed by atoms with Gasteiger partial charge in [0.05, 0.1) is 17.8 Å². The van der Waals surface area contributed by atoms with Crippen molar-refractivity contribution >= 4 is 37.2 Å². The quantitative estimate of drug-likeness (QED) is 0.398. The first-order valence-electron chi connectivity index (χ1n) is 9.87. The Bertz CT molecular complexity index is 893. The molecule has 3 rings (SSSR count). The molecule has 0 aliphatic carbocycles. The van der Waals surface area contributed by atoms with Gasteiger partial charge >= 0.3 is 7.12 Å². The lowest BCUT2D eigenvalue weighted by atomic mass is 9.79. The molecule has 1 aromatic heterocycles. The average molecular weight is 398 g/mol. The maximum Gasteiger partial charge on any atom is 0.497 e. The van der Waals surface area contributed by atoms with Crippen molar-refractivity contribution in [1.29, 1.82) is 0 Å². The molecule has 5 nitrogen and oxygen atoms in total. The normalized spacial score (nSPS) is 18.6. The fourth-order valence-corrected chi connectivity index (χ4v) is 3.94. The molecule has 0 saturated carbocycles. The summed E-state index contributed by atoms with van der Waals surface area (Å²) in [4.78, 5) is 3.58. The van der Waals surface area contributed by atoms with Gasteiger partial charge in [0.25, 0.3) is 0 Å². The van der Waals surface area contributed by atoms with Gasteiger partial charge in [-0.3, -0.25) is 0 Å². The summed E-state index contributed by atoms with van der Waals surface area (Å²) in [6.45, 7) is 23.8. The lowest BCUT2D eigenvalue weighted by Gasteiger charge is -2.32. The van der Waals surface area contributed by atoms with Gasteiger partial charge in [-0.15, -0.1) is 0 Å². The van der Waals surface area contributed by atoms with Crippen LogP contribution in [0.3, 0.4) is 0 Å². The maximum atomic E-state index is 7.34. The van der Waals surface area contributed by atoms with Crippen LogP contribution >= 0.6 is 0 Å². The number of hydrogen-bond donors (Lipinski definition) is 0. The van der Waals surface area contributed by atoms with Gasteiger partial charge in [-0.1, -0.05) is 31.8 Å². The molecule has 2 aromatic rings. The molecule has 1 saturated heterocycles. The summed E-state index contributed by atoms with van der Waals surface area (Å²) in [5, 5.41) is 1.04. The van der Waals surface area contributed by atoms with E-state index in [1.807, 2.05) is 18.2 Å². The second kappa shape index (κ2) is 7.34.